The van der Waals surface area contributed by atoms with E-state index in [0.29, 0.717) is 0 Å². The molecule has 0 aromatic rings. The van der Waals surface area contributed by atoms with Crippen LogP contribution in [0.25, 0.3) is 0 Å². The molecule has 14 heavy (non-hydrogen) atoms. The smallest absolute Gasteiger partial charge is 0.340 e. The maximum Gasteiger partial charge on any atom is 0.340 e. The number of carbonyl (C=O) groups excluding carboxylic acids is 1. The zero-order valence-electron chi connectivity index (χ0n) is 8.86. The third-order valence-electron chi connectivity index (χ3n) is 2.23. The minimum absolute atomic E-state index is 0.176. The number of ether oxygens (including phenoxy) is 3. The number of hydrogen-bond donors (Lipinski definition) is 1. The highest BCUT2D eigenvalue weighted by molar-refractivity contribution is 5.79. The van der Waals surface area contributed by atoms with Crippen LogP contribution in [-0.4, -0.2) is 42.3 Å². The van der Waals surface area contributed by atoms with E-state index < -0.39 is 23.5 Å². The van der Waals surface area contributed by atoms with Gasteiger partial charge in [0.2, 0.25) is 0 Å². The van der Waals surface area contributed by atoms with E-state index in [1.54, 1.807) is 13.8 Å². The molecular formula is C9H16O5. The van der Waals surface area contributed by atoms with Gasteiger partial charge in [-0.1, -0.05) is 0 Å². The molecule has 5 heteroatoms. The molecule has 0 spiro atoms. The molecular weight excluding hydrogens is 188 g/mol. The molecule has 0 radical (unpaired) electrons. The molecule has 1 N–H and O–H groups in total. The van der Waals surface area contributed by atoms with Crippen LogP contribution in [0.2, 0.25) is 0 Å². The maximum absolute atomic E-state index is 11.2. The number of aliphatic hydroxyl groups is 1. The van der Waals surface area contributed by atoms with E-state index in [-0.39, 0.29) is 6.61 Å². The first-order valence-corrected chi connectivity index (χ1v) is 4.42. The molecule has 0 saturated carbocycles. The molecule has 0 amide bonds. The van der Waals surface area contributed by atoms with Crippen molar-refractivity contribution in [2.45, 2.75) is 38.3 Å². The normalized spacial score (nSPS) is 29.6. The van der Waals surface area contributed by atoms with Gasteiger partial charge in [0.05, 0.1) is 13.7 Å². The van der Waals surface area contributed by atoms with E-state index in [1.165, 1.54) is 14.0 Å². The van der Waals surface area contributed by atoms with Crippen LogP contribution in [0, 0.1) is 0 Å². The highest BCUT2D eigenvalue weighted by Crippen LogP contribution is 2.29. The quantitative estimate of drug-likeness (QED) is 0.644. The molecule has 1 fully saturated rings. The molecule has 0 bridgehead atoms. The number of esters is 1. The SMILES string of the molecule is COC(=O)[C@@](C)(O)[C@@H]1COC(C)(C)O1. The molecule has 1 aliphatic rings. The summed E-state index contributed by atoms with van der Waals surface area (Å²) in [6.07, 6.45) is -0.690. The highest BCUT2D eigenvalue weighted by atomic mass is 16.7. The van der Waals surface area contributed by atoms with E-state index >= 15 is 0 Å². The lowest BCUT2D eigenvalue weighted by molar-refractivity contribution is -0.188. The molecule has 0 aliphatic carbocycles. The Morgan fingerprint density at radius 3 is 2.57 bits per heavy atom. The fraction of sp³-hybridized carbons (Fsp3) is 0.889. The zero-order chi connectivity index (χ0) is 11.0. The van der Waals surface area contributed by atoms with Crippen LogP contribution in [-0.2, 0) is 19.0 Å². The van der Waals surface area contributed by atoms with Gasteiger partial charge >= 0.3 is 5.97 Å². The molecule has 1 aliphatic heterocycles. The van der Waals surface area contributed by atoms with Crippen LogP contribution in [0.3, 0.4) is 0 Å². The lowest BCUT2D eigenvalue weighted by Gasteiger charge is -2.26. The molecule has 82 valence electrons. The summed E-state index contributed by atoms with van der Waals surface area (Å²) in [6, 6.07) is 0. The predicted octanol–water partition coefficient (Wildman–Crippen LogP) is 0.0619. The van der Waals surface area contributed by atoms with Gasteiger partial charge in [0.1, 0.15) is 6.10 Å². The van der Waals surface area contributed by atoms with Gasteiger partial charge in [0.15, 0.2) is 11.4 Å². The van der Waals surface area contributed by atoms with E-state index in [9.17, 15) is 9.90 Å². The van der Waals surface area contributed by atoms with Crippen LogP contribution in [0.4, 0.5) is 0 Å². The molecule has 0 aromatic heterocycles. The summed E-state index contributed by atoms with van der Waals surface area (Å²) in [5.41, 5.74) is -1.66. The topological polar surface area (TPSA) is 65.0 Å². The predicted molar refractivity (Wildman–Crippen MR) is 47.5 cm³/mol. The molecule has 0 unspecified atom stereocenters. The van der Waals surface area contributed by atoms with Crippen LogP contribution >= 0.6 is 0 Å². The van der Waals surface area contributed by atoms with Crippen LogP contribution < -0.4 is 0 Å². The van der Waals surface area contributed by atoms with Gasteiger partial charge in [-0.2, -0.15) is 0 Å². The Bertz CT molecular complexity index is 233. The van der Waals surface area contributed by atoms with Crippen molar-refractivity contribution in [3.63, 3.8) is 0 Å². The fourth-order valence-electron chi connectivity index (χ4n) is 1.30. The van der Waals surface area contributed by atoms with E-state index in [1.807, 2.05) is 0 Å². The van der Waals surface area contributed by atoms with Crippen molar-refractivity contribution in [1.82, 2.24) is 0 Å². The first kappa shape index (κ1) is 11.4. The first-order valence-electron chi connectivity index (χ1n) is 4.42. The lowest BCUT2D eigenvalue weighted by atomic mass is 10.0. The fourth-order valence-corrected chi connectivity index (χ4v) is 1.30. The van der Waals surface area contributed by atoms with Crippen LogP contribution in [0.15, 0.2) is 0 Å². The number of rotatable bonds is 2. The number of carbonyl (C=O) groups is 1. The first-order chi connectivity index (χ1) is 6.29. The number of methoxy groups -OCH3 is 1. The second-order valence-corrected chi connectivity index (χ2v) is 3.96. The Labute approximate surface area is 82.9 Å². The molecule has 5 nitrogen and oxygen atoms in total. The average Bonchev–Trinajstić information content (AvgIpc) is 2.45. The van der Waals surface area contributed by atoms with Crippen LogP contribution in [0.1, 0.15) is 20.8 Å². The maximum atomic E-state index is 11.2. The molecule has 0 aromatic carbocycles. The van der Waals surface area contributed by atoms with Crippen molar-refractivity contribution < 1.29 is 24.1 Å². The second-order valence-electron chi connectivity index (χ2n) is 3.96. The van der Waals surface area contributed by atoms with Gasteiger partial charge in [0, 0.05) is 0 Å². The zero-order valence-corrected chi connectivity index (χ0v) is 8.86. The third kappa shape index (κ3) is 2.05. The Balaban J connectivity index is 2.71. The molecule has 2 atom stereocenters. The van der Waals surface area contributed by atoms with Crippen molar-refractivity contribution >= 4 is 5.97 Å². The van der Waals surface area contributed by atoms with Gasteiger partial charge in [-0.3, -0.25) is 0 Å². The van der Waals surface area contributed by atoms with Gasteiger partial charge in [0.25, 0.3) is 0 Å². The van der Waals surface area contributed by atoms with Crippen molar-refractivity contribution in [2.75, 3.05) is 13.7 Å². The summed E-state index contributed by atoms with van der Waals surface area (Å²) in [7, 11) is 1.22. The van der Waals surface area contributed by atoms with Crippen molar-refractivity contribution in [3.05, 3.63) is 0 Å². The summed E-state index contributed by atoms with van der Waals surface area (Å²) in [5.74, 6) is -1.48. The third-order valence-corrected chi connectivity index (χ3v) is 2.23. The second kappa shape index (κ2) is 3.49. The summed E-state index contributed by atoms with van der Waals surface area (Å²) in [4.78, 5) is 11.2. The monoisotopic (exact) mass is 204 g/mol. The Hall–Kier alpha value is -0.650. The summed E-state index contributed by atoms with van der Waals surface area (Å²) >= 11 is 0. The molecule has 1 heterocycles. The van der Waals surface area contributed by atoms with Gasteiger partial charge in [-0.15, -0.1) is 0 Å². The average molecular weight is 204 g/mol. The minimum Gasteiger partial charge on any atom is -0.467 e. The summed E-state index contributed by atoms with van der Waals surface area (Å²) < 4.78 is 15.1. The Kier molecular flexibility index (Phi) is 2.85. The van der Waals surface area contributed by atoms with Crippen LogP contribution in [0.5, 0.6) is 0 Å². The highest BCUT2D eigenvalue weighted by Gasteiger charge is 2.48. The Morgan fingerprint density at radius 2 is 2.21 bits per heavy atom. The van der Waals surface area contributed by atoms with Gasteiger partial charge in [-0.25, -0.2) is 4.79 Å². The molecule has 1 rings (SSSR count). The van der Waals surface area contributed by atoms with E-state index in [0.717, 1.165) is 0 Å². The van der Waals surface area contributed by atoms with Gasteiger partial charge < -0.3 is 19.3 Å². The Morgan fingerprint density at radius 1 is 1.64 bits per heavy atom. The van der Waals surface area contributed by atoms with Crippen molar-refractivity contribution in [3.8, 4) is 0 Å². The van der Waals surface area contributed by atoms with E-state index in [2.05, 4.69) is 4.74 Å². The number of hydrogen-bond acceptors (Lipinski definition) is 5. The van der Waals surface area contributed by atoms with E-state index in [4.69, 9.17) is 9.47 Å². The molecule has 1 saturated heterocycles. The minimum atomic E-state index is -1.66. The summed E-state index contributed by atoms with van der Waals surface area (Å²) in [6.45, 7) is 4.98. The van der Waals surface area contributed by atoms with Crippen molar-refractivity contribution in [1.29, 1.82) is 0 Å². The largest absolute Gasteiger partial charge is 0.467 e. The van der Waals surface area contributed by atoms with Gasteiger partial charge in [-0.05, 0) is 20.8 Å². The van der Waals surface area contributed by atoms with Crippen molar-refractivity contribution in [2.24, 2.45) is 0 Å². The lowest BCUT2D eigenvalue weighted by Crippen LogP contribution is -2.49. The summed E-state index contributed by atoms with van der Waals surface area (Å²) in [5, 5.41) is 9.84. The standard InChI is InChI=1S/C9H16O5/c1-8(2)13-5-6(14-8)9(3,11)7(10)12-4/h6,11H,5H2,1-4H3/t6-,9-/m0/s1.